The Balaban J connectivity index is 0. The fourth-order valence-corrected chi connectivity index (χ4v) is 5.23. The molecule has 0 N–H and O–H groups in total. The van der Waals surface area contributed by atoms with Crippen molar-refractivity contribution in [2.45, 2.75) is 46.0 Å². The van der Waals surface area contributed by atoms with E-state index in [0.717, 1.165) is 0 Å². The number of anilines is 1. The van der Waals surface area contributed by atoms with Gasteiger partial charge in [0.05, 0.1) is 0 Å². The van der Waals surface area contributed by atoms with E-state index < -0.39 is 8.24 Å². The molecule has 0 saturated heterocycles. The summed E-state index contributed by atoms with van der Waals surface area (Å²) in [7, 11) is -1.35. The molecule has 0 heterocycles. The Morgan fingerprint density at radius 1 is 1.18 bits per heavy atom. The molecule has 17 heavy (non-hydrogen) atoms. The van der Waals surface area contributed by atoms with Crippen molar-refractivity contribution in [3.8, 4) is 0 Å². The molecule has 1 aromatic rings. The van der Waals surface area contributed by atoms with Gasteiger partial charge in [-0.15, -0.1) is 0 Å². The van der Waals surface area contributed by atoms with Gasteiger partial charge in [-0.25, -0.2) is 0 Å². The molecule has 1 rings (SSSR count). The maximum Gasteiger partial charge on any atom is 2.00 e. The van der Waals surface area contributed by atoms with Gasteiger partial charge in [0.1, 0.15) is 8.24 Å². The average Bonchev–Trinajstić information content (AvgIpc) is 2.00. The summed E-state index contributed by atoms with van der Waals surface area (Å²) in [4.78, 5) is 0. The third kappa shape index (κ3) is 5.64. The van der Waals surface area contributed by atoms with Crippen molar-refractivity contribution in [3.05, 3.63) is 30.3 Å². The molecule has 0 aliphatic rings. The maximum atomic E-state index is 3.17. The summed E-state index contributed by atoms with van der Waals surface area (Å²) in [5, 5.41) is 0. The number of nitrogens with zero attached hydrogens (tertiary/aromatic N) is 1. The van der Waals surface area contributed by atoms with E-state index in [1.807, 2.05) is 6.07 Å². The van der Waals surface area contributed by atoms with Gasteiger partial charge in [-0.1, -0.05) is 25.3 Å². The largest absolute Gasteiger partial charge is 2.00 e. The van der Waals surface area contributed by atoms with Gasteiger partial charge in [0.2, 0.25) is 0 Å². The van der Waals surface area contributed by atoms with E-state index in [9.17, 15) is 0 Å². The molecule has 4 heteroatoms. The quantitative estimate of drug-likeness (QED) is 0.565. The van der Waals surface area contributed by atoms with Gasteiger partial charge in [0.15, 0.2) is 0 Å². The smallest absolute Gasteiger partial charge is 1.00 e. The molecule has 1 aromatic carbocycles. The Kier molecular flexibility index (Phi) is 8.11. The van der Waals surface area contributed by atoms with E-state index >= 15 is 0 Å². The third-order valence-electron chi connectivity index (χ3n) is 2.29. The van der Waals surface area contributed by atoms with Crippen LogP contribution in [0.5, 0.6) is 0 Å². The van der Waals surface area contributed by atoms with Crippen molar-refractivity contribution in [3.63, 3.8) is 0 Å². The SMILES string of the molecule is CC(C)(C)N(c1c[c-]ccc1)[Si](C)(C)C.[Cl-].[Mg+2]. The van der Waals surface area contributed by atoms with Crippen molar-refractivity contribution in [2.75, 3.05) is 4.57 Å². The van der Waals surface area contributed by atoms with Gasteiger partial charge in [0, 0.05) is 5.54 Å². The second kappa shape index (κ2) is 7.02. The third-order valence-corrected chi connectivity index (χ3v) is 4.56. The zero-order valence-corrected chi connectivity index (χ0v) is 15.0. The molecule has 1 nitrogen and oxygen atoms in total. The van der Waals surface area contributed by atoms with Crippen LogP contribution in [0, 0.1) is 6.07 Å². The van der Waals surface area contributed by atoms with E-state index in [1.54, 1.807) is 0 Å². The molecule has 92 valence electrons. The molecule has 0 spiro atoms. The normalized spacial score (nSPS) is 11.2. The number of rotatable bonds is 2. The van der Waals surface area contributed by atoms with Crippen LogP contribution >= 0.6 is 0 Å². The monoisotopic (exact) mass is 279 g/mol. The molecule has 0 aliphatic carbocycles. The molecule has 0 unspecified atom stereocenters. The summed E-state index contributed by atoms with van der Waals surface area (Å²) in [6.45, 7) is 14.0. The van der Waals surface area contributed by atoms with Gasteiger partial charge in [0.25, 0.3) is 0 Å². The summed E-state index contributed by atoms with van der Waals surface area (Å²) in [5.74, 6) is 0. The zero-order valence-electron chi connectivity index (χ0n) is 11.8. The molecule has 0 radical (unpaired) electrons. The number of hydrogen-bond donors (Lipinski definition) is 0. The first kappa shape index (κ1) is 19.6. The average molecular weight is 280 g/mol. The standard InChI is InChI=1S/C13H22NSi.ClH.Mg/c1-13(2,3)14(15(4,5)6)12-10-8-7-9-11-12;;/h7-8,10-11H,1-6H3;1H;/q-1;;+2/p-1. The van der Waals surface area contributed by atoms with E-state index in [4.69, 9.17) is 0 Å². The van der Waals surface area contributed by atoms with E-state index in [0.29, 0.717) is 0 Å². The van der Waals surface area contributed by atoms with Gasteiger partial charge in [-0.3, -0.25) is 0 Å². The molecular formula is C13H22ClMgNSi. The van der Waals surface area contributed by atoms with Gasteiger partial charge in [-0.05, 0) is 20.8 Å². The van der Waals surface area contributed by atoms with Gasteiger partial charge < -0.3 is 17.0 Å². The Labute approximate surface area is 130 Å². The topological polar surface area (TPSA) is 3.24 Å². The van der Waals surface area contributed by atoms with Crippen LogP contribution in [-0.2, 0) is 0 Å². The van der Waals surface area contributed by atoms with Crippen LogP contribution in [0.1, 0.15) is 20.8 Å². The van der Waals surface area contributed by atoms with Crippen LogP contribution in [0.2, 0.25) is 19.6 Å². The summed E-state index contributed by atoms with van der Waals surface area (Å²) in [5.41, 5.74) is 1.48. The summed E-state index contributed by atoms with van der Waals surface area (Å²) in [6, 6.07) is 11.5. The molecule has 0 fully saturated rings. The fourth-order valence-electron chi connectivity index (χ4n) is 2.30. The van der Waals surface area contributed by atoms with E-state index in [-0.39, 0.29) is 41.0 Å². The summed E-state index contributed by atoms with van der Waals surface area (Å²) < 4.78 is 2.57. The number of hydrogen-bond acceptors (Lipinski definition) is 1. The van der Waals surface area contributed by atoms with Gasteiger partial charge in [-0.2, -0.15) is 30.3 Å². The molecular weight excluding hydrogens is 258 g/mol. The first-order valence-corrected chi connectivity index (χ1v) is 8.94. The predicted molar refractivity (Wildman–Crippen MR) is 76.6 cm³/mol. The summed E-state index contributed by atoms with van der Waals surface area (Å²) in [6.07, 6.45) is 0. The van der Waals surface area contributed by atoms with Crippen molar-refractivity contribution in [1.82, 2.24) is 0 Å². The van der Waals surface area contributed by atoms with E-state index in [2.05, 4.69) is 69.2 Å². The molecule has 0 bridgehead atoms. The molecule has 0 aromatic heterocycles. The van der Waals surface area contributed by atoms with Crippen molar-refractivity contribution >= 4 is 37.0 Å². The minimum atomic E-state index is -1.35. The van der Waals surface area contributed by atoms with Crippen LogP contribution in [0.25, 0.3) is 0 Å². The molecule has 0 saturated carbocycles. The van der Waals surface area contributed by atoms with Crippen molar-refractivity contribution < 1.29 is 12.4 Å². The Bertz CT molecular complexity index is 302. The Hall–Kier alpha value is 0.293. The maximum absolute atomic E-state index is 3.17. The van der Waals surface area contributed by atoms with Crippen LogP contribution in [0.15, 0.2) is 24.3 Å². The second-order valence-electron chi connectivity index (χ2n) is 5.94. The van der Waals surface area contributed by atoms with Crippen LogP contribution in [-0.4, -0.2) is 36.8 Å². The minimum Gasteiger partial charge on any atom is -1.00 e. The fraction of sp³-hybridized carbons (Fsp3) is 0.538. The Morgan fingerprint density at radius 2 is 1.71 bits per heavy atom. The number of halogens is 1. The van der Waals surface area contributed by atoms with Crippen molar-refractivity contribution in [1.29, 1.82) is 0 Å². The zero-order chi connectivity index (χ0) is 11.7. The summed E-state index contributed by atoms with van der Waals surface area (Å²) >= 11 is 0. The van der Waals surface area contributed by atoms with Crippen molar-refractivity contribution in [2.24, 2.45) is 0 Å². The second-order valence-corrected chi connectivity index (χ2v) is 10.7. The first-order chi connectivity index (χ1) is 6.73. The molecule has 0 amide bonds. The van der Waals surface area contributed by atoms with Crippen LogP contribution in [0.3, 0.4) is 0 Å². The van der Waals surface area contributed by atoms with Crippen LogP contribution < -0.4 is 17.0 Å². The van der Waals surface area contributed by atoms with Gasteiger partial charge >= 0.3 is 23.1 Å². The Morgan fingerprint density at radius 3 is 2.00 bits per heavy atom. The van der Waals surface area contributed by atoms with E-state index in [1.165, 1.54) is 5.69 Å². The predicted octanol–water partition coefficient (Wildman–Crippen LogP) is 0.550. The minimum absolute atomic E-state index is 0. The number of benzene rings is 1. The first-order valence-electron chi connectivity index (χ1n) is 5.49. The molecule has 0 aliphatic heterocycles. The molecule has 0 atom stereocenters. The van der Waals surface area contributed by atoms with Crippen LogP contribution in [0.4, 0.5) is 5.69 Å².